The molecule has 38 heavy (non-hydrogen) atoms. The van der Waals surface area contributed by atoms with Gasteiger partial charge in [0.1, 0.15) is 0 Å². The molecule has 0 unspecified atom stereocenters. The molecule has 7 rings (SSSR count). The average Bonchev–Trinajstić information content (AvgIpc) is 3.45. The van der Waals surface area contributed by atoms with E-state index in [1.54, 1.807) is 18.2 Å². The van der Waals surface area contributed by atoms with Gasteiger partial charge in [0, 0.05) is 21.9 Å². The fourth-order valence-electron chi connectivity index (χ4n) is 4.58. The summed E-state index contributed by atoms with van der Waals surface area (Å²) in [4.78, 5) is 14.4. The van der Waals surface area contributed by atoms with Crippen LogP contribution in [0.3, 0.4) is 0 Å². The highest BCUT2D eigenvalue weighted by Crippen LogP contribution is 2.38. The molecule has 0 bridgehead atoms. The number of benzene rings is 5. The van der Waals surface area contributed by atoms with E-state index in [0.717, 1.165) is 5.56 Å². The topological polar surface area (TPSA) is 43.6 Å². The highest BCUT2D eigenvalue weighted by molar-refractivity contribution is 6.15. The van der Waals surface area contributed by atoms with Gasteiger partial charge in [-0.15, -0.1) is 0 Å². The van der Waals surface area contributed by atoms with Crippen molar-refractivity contribution in [1.82, 2.24) is 19.5 Å². The Kier molecular flexibility index (Phi) is 3.49. The minimum atomic E-state index is -0.539. The molecule has 0 aliphatic carbocycles. The number of hydrogen-bond acceptors (Lipinski definition) is 3. The highest BCUT2D eigenvalue weighted by atomic mass is 15.2. The molecule has 2 aromatic heterocycles. The standard InChI is InChI=1S/C34H24N4/c1-23-19-21-26(22-20-23)33-35-32(25-13-6-3-7-14-25)36-34(37-33)38-29-17-9-8-15-28(29)31-27(16-10-18-30(31)38)24-11-4-2-5-12-24/h2-22H,1H3/i2D,4D,5D,8D,9D,11D,12D,15D,17D. The third-order valence-electron chi connectivity index (χ3n) is 6.36. The van der Waals surface area contributed by atoms with E-state index in [1.807, 2.05) is 61.5 Å². The zero-order valence-electron chi connectivity index (χ0n) is 29.2. The maximum atomic E-state index is 9.02. The summed E-state index contributed by atoms with van der Waals surface area (Å²) in [5.74, 6) is 0.757. The summed E-state index contributed by atoms with van der Waals surface area (Å²) in [7, 11) is 0. The lowest BCUT2D eigenvalue weighted by atomic mass is 9.99. The zero-order valence-corrected chi connectivity index (χ0v) is 20.2. The smallest absolute Gasteiger partial charge is 0.238 e. The van der Waals surface area contributed by atoms with Crippen LogP contribution < -0.4 is 0 Å². The number of rotatable bonds is 4. The molecule has 5 aromatic carbocycles. The second-order valence-electron chi connectivity index (χ2n) is 8.77. The van der Waals surface area contributed by atoms with Gasteiger partial charge < -0.3 is 0 Å². The van der Waals surface area contributed by atoms with Crippen molar-refractivity contribution in [1.29, 1.82) is 0 Å². The van der Waals surface area contributed by atoms with E-state index in [1.165, 1.54) is 4.57 Å². The molecule has 0 aliphatic rings. The van der Waals surface area contributed by atoms with Crippen molar-refractivity contribution in [2.45, 2.75) is 6.92 Å². The minimum absolute atomic E-state index is 0.0749. The molecule has 7 aromatic rings. The van der Waals surface area contributed by atoms with E-state index in [0.29, 0.717) is 28.3 Å². The Hall–Kier alpha value is -5.09. The van der Waals surface area contributed by atoms with E-state index in [-0.39, 0.29) is 45.4 Å². The fraction of sp³-hybridized carbons (Fsp3) is 0.0294. The quantitative estimate of drug-likeness (QED) is 0.246. The summed E-state index contributed by atoms with van der Waals surface area (Å²) in [5, 5.41) is 0.374. The molecule has 0 saturated carbocycles. The summed E-state index contributed by atoms with van der Waals surface area (Å²) in [6.45, 7) is 1.97. The Balaban J connectivity index is 1.67. The van der Waals surface area contributed by atoms with Crippen LogP contribution in [0.25, 0.3) is 61.7 Å². The van der Waals surface area contributed by atoms with Crippen LogP contribution in [0, 0.1) is 6.92 Å². The molecule has 0 atom stereocenters. The van der Waals surface area contributed by atoms with Gasteiger partial charge in [-0.25, -0.2) is 4.98 Å². The number of hydrogen-bond donors (Lipinski definition) is 0. The Bertz CT molecular complexity index is 2380. The van der Waals surface area contributed by atoms with Gasteiger partial charge in [-0.3, -0.25) is 4.57 Å². The molecule has 0 fully saturated rings. The predicted octanol–water partition coefficient (Wildman–Crippen LogP) is 8.28. The second-order valence-corrected chi connectivity index (χ2v) is 8.77. The third-order valence-corrected chi connectivity index (χ3v) is 6.36. The molecule has 2 heterocycles. The van der Waals surface area contributed by atoms with Crippen molar-refractivity contribution < 1.29 is 12.3 Å². The summed E-state index contributed by atoms with van der Waals surface area (Å²) in [5.41, 5.74) is 3.01. The largest absolute Gasteiger partial charge is 0.278 e. The molecule has 0 N–H and O–H groups in total. The van der Waals surface area contributed by atoms with Crippen LogP contribution in [0.1, 0.15) is 17.9 Å². The molecular formula is C34H24N4. The number of fused-ring (bicyclic) bond motifs is 3. The zero-order chi connectivity index (χ0) is 33.3. The minimum Gasteiger partial charge on any atom is -0.278 e. The van der Waals surface area contributed by atoms with Crippen molar-refractivity contribution >= 4 is 21.8 Å². The van der Waals surface area contributed by atoms with Gasteiger partial charge in [0.05, 0.1) is 23.4 Å². The van der Waals surface area contributed by atoms with E-state index >= 15 is 0 Å². The van der Waals surface area contributed by atoms with Crippen molar-refractivity contribution in [2.24, 2.45) is 0 Å². The van der Waals surface area contributed by atoms with Gasteiger partial charge >= 0.3 is 0 Å². The monoisotopic (exact) mass is 497 g/mol. The van der Waals surface area contributed by atoms with E-state index in [2.05, 4.69) is 0 Å². The molecule has 0 aliphatic heterocycles. The predicted molar refractivity (Wildman–Crippen MR) is 155 cm³/mol. The molecule has 0 radical (unpaired) electrons. The average molecular weight is 498 g/mol. The lowest BCUT2D eigenvalue weighted by Crippen LogP contribution is -2.06. The van der Waals surface area contributed by atoms with Gasteiger partial charge in [0.15, 0.2) is 11.6 Å². The molecular weight excluding hydrogens is 464 g/mol. The Morgan fingerprint density at radius 3 is 2.03 bits per heavy atom. The van der Waals surface area contributed by atoms with Crippen LogP contribution in [0.4, 0.5) is 0 Å². The second kappa shape index (κ2) is 9.09. The number of para-hydroxylation sites is 1. The van der Waals surface area contributed by atoms with Gasteiger partial charge in [-0.2, -0.15) is 9.97 Å². The first-order valence-corrected chi connectivity index (χ1v) is 12.0. The van der Waals surface area contributed by atoms with Crippen LogP contribution in [-0.2, 0) is 0 Å². The molecule has 0 spiro atoms. The van der Waals surface area contributed by atoms with E-state index < -0.39 is 42.3 Å². The van der Waals surface area contributed by atoms with Crippen LogP contribution in [0.15, 0.2) is 127 Å². The lowest BCUT2D eigenvalue weighted by Gasteiger charge is -2.11. The molecule has 4 nitrogen and oxygen atoms in total. The van der Waals surface area contributed by atoms with Crippen molar-refractivity contribution in [3.05, 3.63) is 133 Å². The molecule has 180 valence electrons. The van der Waals surface area contributed by atoms with Gasteiger partial charge in [0.2, 0.25) is 5.95 Å². The number of nitrogens with zero attached hydrogens (tertiary/aromatic N) is 4. The Morgan fingerprint density at radius 1 is 0.579 bits per heavy atom. The molecule has 4 heteroatoms. The summed E-state index contributed by atoms with van der Waals surface area (Å²) >= 11 is 0. The fourth-order valence-corrected chi connectivity index (χ4v) is 4.58. The first-order chi connectivity index (χ1) is 22.5. The highest BCUT2D eigenvalue weighted by Gasteiger charge is 2.19. The van der Waals surface area contributed by atoms with Crippen LogP contribution in [0.5, 0.6) is 0 Å². The van der Waals surface area contributed by atoms with E-state index in [4.69, 9.17) is 27.3 Å². The van der Waals surface area contributed by atoms with Gasteiger partial charge in [-0.05, 0) is 30.2 Å². The summed E-state index contributed by atoms with van der Waals surface area (Å²) in [6.07, 6.45) is 0. The maximum Gasteiger partial charge on any atom is 0.238 e. The lowest BCUT2D eigenvalue weighted by molar-refractivity contribution is 0.953. The van der Waals surface area contributed by atoms with Gasteiger partial charge in [0.25, 0.3) is 0 Å². The van der Waals surface area contributed by atoms with Gasteiger partial charge in [-0.1, -0.05) is 121 Å². The van der Waals surface area contributed by atoms with Crippen molar-refractivity contribution in [3.8, 4) is 39.9 Å². The summed E-state index contributed by atoms with van der Waals surface area (Å²) in [6, 6.07) is 17.8. The molecule has 0 amide bonds. The first-order valence-electron chi connectivity index (χ1n) is 16.5. The SMILES string of the molecule is [2H]c1c([2H])c([2H])c(-c2cccc3c2c2c([2H])c([2H])c([2H])c([2H])c2n3-c2nc(-c3ccccc3)nc(-c3ccc(C)cc3)n2)c([2H])c1[2H]. The van der Waals surface area contributed by atoms with Crippen LogP contribution in [0.2, 0.25) is 0 Å². The van der Waals surface area contributed by atoms with Crippen molar-refractivity contribution in [3.63, 3.8) is 0 Å². The Morgan fingerprint density at radius 2 is 1.26 bits per heavy atom. The third kappa shape index (κ3) is 3.75. The van der Waals surface area contributed by atoms with Crippen LogP contribution in [-0.4, -0.2) is 19.5 Å². The van der Waals surface area contributed by atoms with Crippen LogP contribution >= 0.6 is 0 Å². The summed E-state index contributed by atoms with van der Waals surface area (Å²) < 4.78 is 78.7. The normalized spacial score (nSPS) is 14.6. The first kappa shape index (κ1) is 14.6. The number of aromatic nitrogens is 4. The molecule has 0 saturated heterocycles. The maximum absolute atomic E-state index is 9.02. The van der Waals surface area contributed by atoms with Crippen molar-refractivity contribution in [2.75, 3.05) is 0 Å². The van der Waals surface area contributed by atoms with E-state index in [9.17, 15) is 0 Å². The number of aryl methyl sites for hydroxylation is 1. The Labute approximate surface area is 233 Å².